The molecule has 1 unspecified atom stereocenters. The second-order valence-electron chi connectivity index (χ2n) is 4.34. The normalized spacial score (nSPS) is 12.4. The summed E-state index contributed by atoms with van der Waals surface area (Å²) in [4.78, 5) is 11.1. The van der Waals surface area contributed by atoms with Gasteiger partial charge in [0, 0.05) is 6.20 Å². The maximum absolute atomic E-state index is 11.1. The third-order valence-corrected chi connectivity index (χ3v) is 3.22. The third-order valence-electron chi connectivity index (χ3n) is 3.01. The number of aromatic nitrogens is 1. The largest absolute Gasteiger partial charge is 0.477 e. The van der Waals surface area contributed by atoms with Crippen LogP contribution in [-0.4, -0.2) is 15.6 Å². The van der Waals surface area contributed by atoms with Gasteiger partial charge in [0.15, 0.2) is 0 Å². The van der Waals surface area contributed by atoms with Crippen molar-refractivity contribution in [3.05, 3.63) is 58.4 Å². The first-order valence-electron chi connectivity index (χ1n) is 5.66. The summed E-state index contributed by atoms with van der Waals surface area (Å²) in [5, 5.41) is 9.58. The minimum atomic E-state index is -0.971. The smallest absolute Gasteiger partial charge is 0.352 e. The van der Waals surface area contributed by atoms with E-state index in [1.165, 1.54) is 11.6 Å². The standard InChI is InChI=1S/C14H14ClNO2/c1-9-3-5-11(6-4-9)10(2)16-8-12(15)7-13(16)14(17)18/h3-8,10H,1-2H3,(H,17,18). The highest BCUT2D eigenvalue weighted by Gasteiger charge is 2.17. The zero-order chi connectivity index (χ0) is 13.3. The topological polar surface area (TPSA) is 42.2 Å². The van der Waals surface area contributed by atoms with Crippen molar-refractivity contribution in [2.24, 2.45) is 0 Å². The van der Waals surface area contributed by atoms with Crippen LogP contribution in [0.25, 0.3) is 0 Å². The summed E-state index contributed by atoms with van der Waals surface area (Å²) in [6.45, 7) is 3.97. The number of hydrogen-bond donors (Lipinski definition) is 1. The third kappa shape index (κ3) is 2.41. The molecule has 0 amide bonds. The van der Waals surface area contributed by atoms with E-state index in [9.17, 15) is 4.79 Å². The summed E-state index contributed by atoms with van der Waals surface area (Å²) in [6, 6.07) is 9.42. The number of benzene rings is 1. The molecule has 3 nitrogen and oxygen atoms in total. The first-order valence-corrected chi connectivity index (χ1v) is 6.04. The van der Waals surface area contributed by atoms with Gasteiger partial charge in [-0.1, -0.05) is 41.4 Å². The van der Waals surface area contributed by atoms with Crippen LogP contribution in [0.5, 0.6) is 0 Å². The van der Waals surface area contributed by atoms with Crippen LogP contribution < -0.4 is 0 Å². The van der Waals surface area contributed by atoms with Gasteiger partial charge in [0.05, 0.1) is 11.1 Å². The SMILES string of the molecule is Cc1ccc(C(C)n2cc(Cl)cc2C(=O)O)cc1. The number of aromatic carboxylic acids is 1. The second-order valence-corrected chi connectivity index (χ2v) is 4.78. The molecule has 0 aliphatic rings. The number of carboxylic acids is 1. The van der Waals surface area contributed by atoms with Crippen LogP contribution in [0.4, 0.5) is 0 Å². The molecule has 1 N–H and O–H groups in total. The Labute approximate surface area is 111 Å². The van der Waals surface area contributed by atoms with Crippen LogP contribution in [0.15, 0.2) is 36.5 Å². The Morgan fingerprint density at radius 3 is 2.50 bits per heavy atom. The summed E-state index contributed by atoms with van der Waals surface area (Å²) in [5.74, 6) is -0.971. The molecule has 0 aliphatic heterocycles. The fourth-order valence-electron chi connectivity index (χ4n) is 1.94. The number of carbonyl (C=O) groups is 1. The number of halogens is 1. The van der Waals surface area contributed by atoms with Crippen molar-refractivity contribution in [3.63, 3.8) is 0 Å². The minimum absolute atomic E-state index is 0.0656. The number of rotatable bonds is 3. The Kier molecular flexibility index (Phi) is 3.43. The Hall–Kier alpha value is -1.74. The van der Waals surface area contributed by atoms with E-state index in [-0.39, 0.29) is 11.7 Å². The highest BCUT2D eigenvalue weighted by atomic mass is 35.5. The van der Waals surface area contributed by atoms with Crippen molar-refractivity contribution >= 4 is 17.6 Å². The molecule has 0 aliphatic carbocycles. The van der Waals surface area contributed by atoms with Gasteiger partial charge in [-0.25, -0.2) is 4.79 Å². The van der Waals surface area contributed by atoms with Gasteiger partial charge in [-0.2, -0.15) is 0 Å². The first kappa shape index (κ1) is 12.7. The van der Waals surface area contributed by atoms with Crippen molar-refractivity contribution in [1.29, 1.82) is 0 Å². The number of carboxylic acid groups (broad SMARTS) is 1. The van der Waals surface area contributed by atoms with Gasteiger partial charge in [0.1, 0.15) is 5.69 Å². The predicted molar refractivity (Wildman–Crippen MR) is 71.4 cm³/mol. The summed E-state index contributed by atoms with van der Waals surface area (Å²) < 4.78 is 1.68. The number of nitrogens with zero attached hydrogens (tertiary/aromatic N) is 1. The maximum Gasteiger partial charge on any atom is 0.352 e. The van der Waals surface area contributed by atoms with E-state index in [1.54, 1.807) is 10.8 Å². The molecule has 94 valence electrons. The zero-order valence-electron chi connectivity index (χ0n) is 10.2. The van der Waals surface area contributed by atoms with Crippen molar-refractivity contribution in [2.75, 3.05) is 0 Å². The molecule has 0 radical (unpaired) electrons. The average Bonchev–Trinajstić information content (AvgIpc) is 2.71. The van der Waals surface area contributed by atoms with E-state index in [1.807, 2.05) is 38.1 Å². The van der Waals surface area contributed by atoms with Crippen LogP contribution in [0, 0.1) is 6.92 Å². The second kappa shape index (κ2) is 4.86. The molecular formula is C14H14ClNO2. The van der Waals surface area contributed by atoms with Gasteiger partial charge < -0.3 is 9.67 Å². The van der Waals surface area contributed by atoms with E-state index in [0.29, 0.717) is 5.02 Å². The van der Waals surface area contributed by atoms with E-state index < -0.39 is 5.97 Å². The fourth-order valence-corrected chi connectivity index (χ4v) is 2.15. The molecule has 18 heavy (non-hydrogen) atoms. The molecular weight excluding hydrogens is 250 g/mol. The van der Waals surface area contributed by atoms with Crippen LogP contribution in [-0.2, 0) is 0 Å². The predicted octanol–water partition coefficient (Wildman–Crippen LogP) is 3.76. The van der Waals surface area contributed by atoms with Gasteiger partial charge in [-0.3, -0.25) is 0 Å². The zero-order valence-corrected chi connectivity index (χ0v) is 11.0. The molecule has 0 saturated heterocycles. The van der Waals surface area contributed by atoms with Crippen molar-refractivity contribution in [2.45, 2.75) is 19.9 Å². The fraction of sp³-hybridized carbons (Fsp3) is 0.214. The molecule has 1 atom stereocenters. The van der Waals surface area contributed by atoms with E-state index in [0.717, 1.165) is 5.56 Å². The molecule has 0 fully saturated rings. The van der Waals surface area contributed by atoms with E-state index in [2.05, 4.69) is 0 Å². The summed E-state index contributed by atoms with van der Waals surface area (Å²) in [6.07, 6.45) is 1.65. The average molecular weight is 264 g/mol. The van der Waals surface area contributed by atoms with Crippen LogP contribution in [0.1, 0.15) is 34.6 Å². The van der Waals surface area contributed by atoms with E-state index >= 15 is 0 Å². The highest BCUT2D eigenvalue weighted by Crippen LogP contribution is 2.24. The molecule has 1 heterocycles. The summed E-state index contributed by atoms with van der Waals surface area (Å²) in [7, 11) is 0. The number of aryl methyl sites for hydroxylation is 1. The lowest BCUT2D eigenvalue weighted by Gasteiger charge is -2.16. The Morgan fingerprint density at radius 2 is 1.94 bits per heavy atom. The highest BCUT2D eigenvalue weighted by molar-refractivity contribution is 6.30. The van der Waals surface area contributed by atoms with Crippen molar-refractivity contribution in [3.8, 4) is 0 Å². The van der Waals surface area contributed by atoms with Crippen LogP contribution >= 0.6 is 11.6 Å². The lowest BCUT2D eigenvalue weighted by Crippen LogP contribution is -2.12. The minimum Gasteiger partial charge on any atom is -0.477 e. The molecule has 2 aromatic rings. The first-order chi connectivity index (χ1) is 8.49. The Balaban J connectivity index is 2.42. The quantitative estimate of drug-likeness (QED) is 0.916. The lowest BCUT2D eigenvalue weighted by molar-refractivity contribution is 0.0684. The molecule has 1 aromatic heterocycles. The van der Waals surface area contributed by atoms with Gasteiger partial charge in [-0.15, -0.1) is 0 Å². The van der Waals surface area contributed by atoms with Gasteiger partial charge in [0.25, 0.3) is 0 Å². The molecule has 0 saturated carbocycles. The molecule has 1 aromatic carbocycles. The van der Waals surface area contributed by atoms with Gasteiger partial charge in [-0.05, 0) is 25.5 Å². The Morgan fingerprint density at radius 1 is 1.33 bits per heavy atom. The summed E-state index contributed by atoms with van der Waals surface area (Å²) >= 11 is 5.88. The molecule has 0 bridgehead atoms. The Bertz CT molecular complexity index is 572. The van der Waals surface area contributed by atoms with Crippen molar-refractivity contribution < 1.29 is 9.90 Å². The molecule has 4 heteroatoms. The molecule has 2 rings (SSSR count). The van der Waals surface area contributed by atoms with Crippen LogP contribution in [0.2, 0.25) is 5.02 Å². The monoisotopic (exact) mass is 263 g/mol. The van der Waals surface area contributed by atoms with Crippen LogP contribution in [0.3, 0.4) is 0 Å². The molecule has 0 spiro atoms. The lowest BCUT2D eigenvalue weighted by atomic mass is 10.1. The van der Waals surface area contributed by atoms with E-state index in [4.69, 9.17) is 16.7 Å². The summed E-state index contributed by atoms with van der Waals surface area (Å²) in [5.41, 5.74) is 2.43. The van der Waals surface area contributed by atoms with Crippen molar-refractivity contribution in [1.82, 2.24) is 4.57 Å². The maximum atomic E-state index is 11.1. The van der Waals surface area contributed by atoms with Gasteiger partial charge in [0.2, 0.25) is 0 Å². The van der Waals surface area contributed by atoms with Gasteiger partial charge >= 0.3 is 5.97 Å². The number of hydrogen-bond acceptors (Lipinski definition) is 1.